The van der Waals surface area contributed by atoms with Crippen LogP contribution in [0.4, 0.5) is 22.7 Å². The molecule has 1 aliphatic heterocycles. The third-order valence-corrected chi connectivity index (χ3v) is 21.5. The fourth-order valence-electron chi connectivity index (χ4n) is 12.0. The minimum absolute atomic E-state index is 0. The predicted octanol–water partition coefficient (Wildman–Crippen LogP) is 15.8. The molecule has 4 nitrogen and oxygen atoms in total. The van der Waals surface area contributed by atoms with Gasteiger partial charge in [0.25, 0.3) is 0 Å². The zero-order valence-electron chi connectivity index (χ0n) is 47.6. The van der Waals surface area contributed by atoms with Gasteiger partial charge in [-0.05, 0) is 102 Å². The van der Waals surface area contributed by atoms with E-state index in [4.69, 9.17) is 4.98 Å². The Morgan fingerprint density at radius 2 is 0.925 bits per heavy atom. The Labute approximate surface area is 490 Å². The molecule has 0 saturated heterocycles. The third kappa shape index (κ3) is 9.46. The van der Waals surface area contributed by atoms with Gasteiger partial charge in [-0.3, -0.25) is 0 Å². The summed E-state index contributed by atoms with van der Waals surface area (Å²) in [4.78, 5) is 9.95. The van der Waals surface area contributed by atoms with Crippen molar-refractivity contribution in [3.8, 4) is 5.82 Å². The normalized spacial score (nSPS) is 13.2. The first-order valence-corrected chi connectivity index (χ1v) is 29.9. The Balaban J connectivity index is 0.00000675. The zero-order chi connectivity index (χ0) is 54.9. The number of aromatic nitrogens is 2. The van der Waals surface area contributed by atoms with Gasteiger partial charge in [0.1, 0.15) is 13.9 Å². The van der Waals surface area contributed by atoms with Crippen LogP contribution < -0.4 is 30.5 Å². The molecule has 3 heterocycles. The minimum Gasteiger partial charge on any atom is -0.493 e. The van der Waals surface area contributed by atoms with Crippen molar-refractivity contribution >= 4 is 73.4 Å². The topological polar surface area (TPSA) is 24.3 Å². The van der Waals surface area contributed by atoms with Gasteiger partial charge in [0.2, 0.25) is 0 Å². The van der Waals surface area contributed by atoms with Gasteiger partial charge < -0.3 is 14.4 Å². The monoisotopic (exact) mass is 1240 g/mol. The van der Waals surface area contributed by atoms with Gasteiger partial charge in [-0.2, -0.15) is 52.8 Å². The molecular weight excluding hydrogens is 1170 g/mol. The number of anilines is 4. The van der Waals surface area contributed by atoms with Crippen molar-refractivity contribution < 1.29 is 21.1 Å². The van der Waals surface area contributed by atoms with Crippen molar-refractivity contribution in [1.29, 1.82) is 0 Å². The van der Waals surface area contributed by atoms with Crippen LogP contribution in [-0.2, 0) is 42.7 Å². The molecule has 0 unspecified atom stereocenters. The summed E-state index contributed by atoms with van der Waals surface area (Å²) in [6, 6.07) is 91.5. The first-order chi connectivity index (χ1) is 37.9. The molecule has 0 N–H and O–H groups in total. The van der Waals surface area contributed by atoms with Crippen LogP contribution in [0, 0.1) is 18.8 Å². The molecule has 0 amide bonds. The molecule has 0 atom stereocenters. The minimum atomic E-state index is -3.27. The van der Waals surface area contributed by atoms with Gasteiger partial charge >= 0.3 is 0 Å². The van der Waals surface area contributed by atoms with Crippen LogP contribution in [0.1, 0.15) is 103 Å². The van der Waals surface area contributed by atoms with Gasteiger partial charge in [0.05, 0.1) is 0 Å². The van der Waals surface area contributed by atoms with Crippen molar-refractivity contribution in [3.63, 3.8) is 0 Å². The van der Waals surface area contributed by atoms with Crippen molar-refractivity contribution in [2.75, 3.05) is 9.80 Å². The zero-order valence-corrected chi connectivity index (χ0v) is 50.9. The number of rotatable bonds is 11. The molecule has 1 aliphatic rings. The van der Waals surface area contributed by atoms with Gasteiger partial charge in [0, 0.05) is 60.7 Å². The molecule has 0 saturated carbocycles. The van der Waals surface area contributed by atoms with Gasteiger partial charge in [0.15, 0.2) is 0 Å². The molecule has 0 radical (unpaired) electrons. The van der Waals surface area contributed by atoms with Crippen LogP contribution in [0.15, 0.2) is 231 Å². The van der Waals surface area contributed by atoms with E-state index in [1.807, 2.05) is 6.20 Å². The second-order valence-electron chi connectivity index (χ2n) is 24.6. The van der Waals surface area contributed by atoms with Crippen LogP contribution in [0.25, 0.3) is 27.6 Å². The maximum atomic E-state index is 5.24. The summed E-state index contributed by atoms with van der Waals surface area (Å²) in [5.74, 6) is 0.862. The van der Waals surface area contributed by atoms with E-state index in [0.717, 1.165) is 55.4 Å². The quantitative estimate of drug-likeness (QED) is 0.0733. The van der Waals surface area contributed by atoms with Crippen LogP contribution >= 0.6 is 0 Å². The van der Waals surface area contributed by atoms with Gasteiger partial charge in [-0.25, -0.2) is 4.98 Å². The number of nitrogens with zero attached hydrogens (tertiary/aromatic N) is 4. The van der Waals surface area contributed by atoms with Crippen LogP contribution in [0.5, 0.6) is 0 Å². The Morgan fingerprint density at radius 1 is 0.412 bits per heavy atom. The summed E-state index contributed by atoms with van der Waals surface area (Å²) in [6.07, 6.45) is 1.98. The average Bonchev–Trinajstić information content (AvgIpc) is 4.22. The molecule has 0 fully saturated rings. The van der Waals surface area contributed by atoms with E-state index >= 15 is 0 Å². The van der Waals surface area contributed by atoms with Gasteiger partial charge in [-0.1, -0.05) is 226 Å². The van der Waals surface area contributed by atoms with Crippen LogP contribution in [0.2, 0.25) is 0 Å². The fourth-order valence-corrected chi connectivity index (χ4v) is 16.6. The number of fused-ring (bicyclic) bond motifs is 4. The first kappa shape index (κ1) is 54.4. The van der Waals surface area contributed by atoms with E-state index < -0.39 is 8.07 Å². The summed E-state index contributed by atoms with van der Waals surface area (Å²) in [7, 11) is -3.27. The summed E-state index contributed by atoms with van der Waals surface area (Å²) in [6.45, 7) is 25.4. The van der Waals surface area contributed by atoms with Crippen molar-refractivity contribution in [3.05, 3.63) is 283 Å². The van der Waals surface area contributed by atoms with E-state index in [0.29, 0.717) is 0 Å². The average molecular weight is 1240 g/mol. The number of benzene rings is 9. The Morgan fingerprint density at radius 3 is 1.49 bits per heavy atom. The third-order valence-electron chi connectivity index (χ3n) is 16.9. The van der Waals surface area contributed by atoms with E-state index in [2.05, 4.69) is 327 Å². The molecular formula is C74H69N4PtSi-3. The molecule has 9 aromatic carbocycles. The summed E-state index contributed by atoms with van der Waals surface area (Å²) in [5, 5.41) is 7.10. The van der Waals surface area contributed by atoms with E-state index in [9.17, 15) is 0 Å². The summed E-state index contributed by atoms with van der Waals surface area (Å²) in [5.41, 5.74) is 13.5. The smallest absolute Gasteiger partial charge is 0.135 e. The van der Waals surface area contributed by atoms with Crippen molar-refractivity contribution in [2.45, 2.75) is 90.9 Å². The van der Waals surface area contributed by atoms with Crippen LogP contribution in [-0.4, -0.2) is 17.6 Å². The maximum absolute atomic E-state index is 5.24. The second-order valence-corrected chi connectivity index (χ2v) is 28.4. The molecule has 80 heavy (non-hydrogen) atoms. The maximum Gasteiger partial charge on any atom is 0.135 e. The summed E-state index contributed by atoms with van der Waals surface area (Å²) >= 11 is 0. The van der Waals surface area contributed by atoms with Gasteiger partial charge in [-0.15, -0.1) is 17.7 Å². The molecule has 6 heteroatoms. The van der Waals surface area contributed by atoms with Crippen LogP contribution in [0.3, 0.4) is 0 Å². The predicted molar refractivity (Wildman–Crippen MR) is 336 cm³/mol. The molecule has 11 aromatic rings. The van der Waals surface area contributed by atoms with Crippen molar-refractivity contribution in [1.82, 2.24) is 9.55 Å². The molecule has 0 aliphatic carbocycles. The molecule has 0 bridgehead atoms. The Bertz CT molecular complexity index is 3950. The Kier molecular flexibility index (Phi) is 14.2. The molecule has 2 aromatic heterocycles. The Hall–Kier alpha value is -7.56. The van der Waals surface area contributed by atoms with E-state index in [-0.39, 0.29) is 42.7 Å². The number of hydrogen-bond acceptors (Lipinski definition) is 3. The fraction of sp³-hybridized carbons (Fsp3) is 0.189. The summed E-state index contributed by atoms with van der Waals surface area (Å²) < 4.78 is 2.37. The standard InChI is InChI=1S/C74H69N4Si.Pt/c1-71(2,3)56-44-57(72(4,5)6)46-59(45-56)77-51-76(67-36-23-24-37-68(67)77)58-30-25-35-62(49-58)79(60-31-19-13-20-32-60,61-33-21-14-22-34-61)63-39-40-64-65-47-54(73(7,8)52-26-15-11-16-27-52)38-41-66(65)78(69(64)50-63)70-48-55(42-43-75-70)74(9,10)53-28-17-12-18-29-53;/h11-48,51H,1-10H3;/q-3;. The van der Waals surface area contributed by atoms with Crippen molar-refractivity contribution in [2.24, 2.45) is 0 Å². The first-order valence-electron chi connectivity index (χ1n) is 27.9. The SMILES string of the molecule is CC(C)(C)c1cc(N2[CH-]N(c3[c-]c([Si](c4[c-]c5c(cc4)c4cc(C(C)(C)c6ccccc6)ccc4n5-c4cc(C(C)(C)c5ccccc5)ccn4)(c4ccccc4)c4ccccc4)ccc3)c3ccccc32)cc(C(C)(C)C)c1.[Pt]. The number of pyridine rings is 1. The number of hydrogen-bond donors (Lipinski definition) is 0. The van der Waals surface area contributed by atoms with E-state index in [1.54, 1.807) is 0 Å². The number of para-hydroxylation sites is 2. The molecule has 0 spiro atoms. The molecule has 402 valence electrons. The molecule has 12 rings (SSSR count). The second kappa shape index (κ2) is 20.8. The largest absolute Gasteiger partial charge is 0.493 e. The van der Waals surface area contributed by atoms with E-state index in [1.165, 1.54) is 49.1 Å².